The van der Waals surface area contributed by atoms with E-state index in [1.165, 1.54) is 50.5 Å². The molecule has 0 fully saturated rings. The van der Waals surface area contributed by atoms with Gasteiger partial charge in [0.25, 0.3) is 28.9 Å². The zero-order chi connectivity index (χ0) is 23.5. The van der Waals surface area contributed by atoms with E-state index in [0.717, 1.165) is 0 Å². The number of aromatic nitrogens is 5. The van der Waals surface area contributed by atoms with E-state index in [1.54, 1.807) is 38.4 Å². The van der Waals surface area contributed by atoms with E-state index in [2.05, 4.69) is 20.7 Å². The summed E-state index contributed by atoms with van der Waals surface area (Å²) < 4.78 is 4.02. The Balaban J connectivity index is 1.65. The van der Waals surface area contributed by atoms with Crippen molar-refractivity contribution in [2.75, 3.05) is 10.6 Å². The first-order chi connectivity index (χ1) is 15.8. The molecule has 0 radical (unpaired) electrons. The first-order valence-electron chi connectivity index (χ1n) is 9.80. The molecule has 3 aromatic heterocycles. The van der Waals surface area contributed by atoms with Crippen molar-refractivity contribution in [3.63, 3.8) is 0 Å². The molecule has 2 N–H and O–H groups in total. The number of carbonyl (C=O) groups is 2. The van der Waals surface area contributed by atoms with Crippen molar-refractivity contribution in [2.45, 2.75) is 0 Å². The van der Waals surface area contributed by atoms with Crippen LogP contribution in [0.15, 0.2) is 76.6 Å². The SMILES string of the molecule is Cn1ccc(C(=O)Nc2nc(NC(=O)c3ccn(C)c(=O)c3)n(-c3ccccc3)n2)cc1=O. The lowest BCUT2D eigenvalue weighted by Crippen LogP contribution is -2.21. The van der Waals surface area contributed by atoms with Crippen molar-refractivity contribution < 1.29 is 9.59 Å². The maximum absolute atomic E-state index is 12.7. The van der Waals surface area contributed by atoms with Crippen LogP contribution in [-0.2, 0) is 14.1 Å². The van der Waals surface area contributed by atoms with Gasteiger partial charge in [-0.25, -0.2) is 0 Å². The van der Waals surface area contributed by atoms with Gasteiger partial charge in [0.05, 0.1) is 5.69 Å². The van der Waals surface area contributed by atoms with Gasteiger partial charge in [0, 0.05) is 49.7 Å². The average Bonchev–Trinajstić information content (AvgIpc) is 3.19. The van der Waals surface area contributed by atoms with Gasteiger partial charge in [-0.15, -0.1) is 5.10 Å². The number of hydrogen-bond acceptors (Lipinski definition) is 6. The van der Waals surface area contributed by atoms with Crippen molar-refractivity contribution in [3.8, 4) is 5.69 Å². The molecule has 0 unspecified atom stereocenters. The number of nitrogens with zero attached hydrogens (tertiary/aromatic N) is 5. The fraction of sp³-hybridized carbons (Fsp3) is 0.0909. The Hall–Kier alpha value is -4.80. The fourth-order valence-electron chi connectivity index (χ4n) is 2.92. The summed E-state index contributed by atoms with van der Waals surface area (Å²) in [6, 6.07) is 14.3. The molecule has 2 amide bonds. The predicted molar refractivity (Wildman–Crippen MR) is 121 cm³/mol. The van der Waals surface area contributed by atoms with Crippen LogP contribution in [-0.4, -0.2) is 35.7 Å². The van der Waals surface area contributed by atoms with Crippen LogP contribution in [0.5, 0.6) is 0 Å². The molecule has 0 atom stereocenters. The van der Waals surface area contributed by atoms with Gasteiger partial charge in [-0.3, -0.25) is 29.8 Å². The highest BCUT2D eigenvalue weighted by atomic mass is 16.2. The summed E-state index contributed by atoms with van der Waals surface area (Å²) >= 11 is 0. The van der Waals surface area contributed by atoms with E-state index >= 15 is 0 Å². The number of anilines is 2. The zero-order valence-electron chi connectivity index (χ0n) is 17.7. The minimum atomic E-state index is -0.581. The number of rotatable bonds is 5. The summed E-state index contributed by atoms with van der Waals surface area (Å²) in [7, 11) is 3.15. The van der Waals surface area contributed by atoms with Crippen LogP contribution < -0.4 is 21.8 Å². The number of para-hydroxylation sites is 1. The maximum Gasteiger partial charge on any atom is 0.258 e. The van der Waals surface area contributed by atoms with Crippen molar-refractivity contribution >= 4 is 23.7 Å². The molecular weight excluding hydrogens is 426 g/mol. The summed E-state index contributed by atoms with van der Waals surface area (Å²) in [5.74, 6) is -1.20. The van der Waals surface area contributed by atoms with Gasteiger partial charge in [-0.1, -0.05) is 18.2 Å². The Bertz CT molecular complexity index is 1470. The molecule has 4 rings (SSSR count). The number of aryl methyl sites for hydroxylation is 2. The lowest BCUT2D eigenvalue weighted by atomic mass is 10.2. The minimum absolute atomic E-state index is 0.0335. The second-order valence-electron chi connectivity index (χ2n) is 7.14. The normalized spacial score (nSPS) is 10.6. The first-order valence-corrected chi connectivity index (χ1v) is 9.80. The van der Waals surface area contributed by atoms with Crippen LogP contribution in [0.2, 0.25) is 0 Å². The molecule has 33 heavy (non-hydrogen) atoms. The molecule has 166 valence electrons. The number of benzene rings is 1. The van der Waals surface area contributed by atoms with Gasteiger partial charge in [0.1, 0.15) is 0 Å². The third-order valence-electron chi connectivity index (χ3n) is 4.79. The fourth-order valence-corrected chi connectivity index (χ4v) is 2.92. The molecule has 0 spiro atoms. The Morgan fingerprint density at radius 3 is 1.88 bits per heavy atom. The minimum Gasteiger partial charge on any atom is -0.319 e. The average molecular weight is 445 g/mol. The van der Waals surface area contributed by atoms with E-state index in [1.807, 2.05) is 6.07 Å². The molecule has 0 aliphatic rings. The lowest BCUT2D eigenvalue weighted by molar-refractivity contribution is 0.101. The Labute approximate surface area is 186 Å². The van der Waals surface area contributed by atoms with Crippen LogP contribution >= 0.6 is 0 Å². The van der Waals surface area contributed by atoms with E-state index < -0.39 is 11.8 Å². The molecule has 11 nitrogen and oxygen atoms in total. The summed E-state index contributed by atoms with van der Waals surface area (Å²) in [5.41, 5.74) is 0.186. The molecule has 3 heterocycles. The largest absolute Gasteiger partial charge is 0.319 e. The van der Waals surface area contributed by atoms with Gasteiger partial charge in [-0.2, -0.15) is 9.67 Å². The Morgan fingerprint density at radius 1 is 0.788 bits per heavy atom. The van der Waals surface area contributed by atoms with Crippen molar-refractivity contribution in [1.82, 2.24) is 23.9 Å². The number of pyridine rings is 2. The van der Waals surface area contributed by atoms with Crippen molar-refractivity contribution in [2.24, 2.45) is 14.1 Å². The number of amides is 2. The standard InChI is InChI=1S/C22H19N7O4/c1-27-10-8-14(12-17(27)30)19(32)23-21-25-22(29(26-21)16-6-4-3-5-7-16)24-20(33)15-9-11-28(2)18(31)13-15/h3-13H,1-2H3,(H2,23,24,25,26,32,33). The van der Waals surface area contributed by atoms with Gasteiger partial charge in [0.2, 0.25) is 5.95 Å². The molecule has 1 aromatic carbocycles. The van der Waals surface area contributed by atoms with E-state index in [0.29, 0.717) is 5.69 Å². The molecule has 11 heteroatoms. The van der Waals surface area contributed by atoms with E-state index in [4.69, 9.17) is 0 Å². The number of nitrogens with one attached hydrogen (secondary N) is 2. The van der Waals surface area contributed by atoms with Crippen molar-refractivity contribution in [1.29, 1.82) is 0 Å². The number of hydrogen-bond donors (Lipinski definition) is 2. The molecule has 0 saturated carbocycles. The second-order valence-corrected chi connectivity index (χ2v) is 7.14. The van der Waals surface area contributed by atoms with Gasteiger partial charge in [0.15, 0.2) is 0 Å². The van der Waals surface area contributed by atoms with Crippen LogP contribution in [0, 0.1) is 0 Å². The molecule has 0 saturated heterocycles. The third kappa shape index (κ3) is 4.61. The monoisotopic (exact) mass is 445 g/mol. The molecular formula is C22H19N7O4. The highest BCUT2D eigenvalue weighted by molar-refractivity contribution is 6.04. The third-order valence-corrected chi connectivity index (χ3v) is 4.79. The molecule has 0 aliphatic heterocycles. The quantitative estimate of drug-likeness (QED) is 0.474. The Kier molecular flexibility index (Phi) is 5.68. The van der Waals surface area contributed by atoms with Crippen LogP contribution in [0.3, 0.4) is 0 Å². The Morgan fingerprint density at radius 2 is 1.33 bits per heavy atom. The smallest absolute Gasteiger partial charge is 0.258 e. The zero-order valence-corrected chi connectivity index (χ0v) is 17.7. The summed E-state index contributed by atoms with van der Waals surface area (Å²) in [4.78, 5) is 53.2. The van der Waals surface area contributed by atoms with E-state index in [9.17, 15) is 19.2 Å². The van der Waals surface area contributed by atoms with Gasteiger partial charge < -0.3 is 9.13 Å². The van der Waals surface area contributed by atoms with E-state index in [-0.39, 0.29) is 34.1 Å². The highest BCUT2D eigenvalue weighted by Crippen LogP contribution is 2.17. The first kappa shape index (κ1) is 21.4. The van der Waals surface area contributed by atoms with Crippen LogP contribution in [0.25, 0.3) is 5.69 Å². The van der Waals surface area contributed by atoms with Crippen LogP contribution in [0.1, 0.15) is 20.7 Å². The number of carbonyl (C=O) groups excluding carboxylic acids is 2. The topological polar surface area (TPSA) is 133 Å². The summed E-state index contributed by atoms with van der Waals surface area (Å²) in [6.07, 6.45) is 2.96. The molecule has 0 aliphatic carbocycles. The highest BCUT2D eigenvalue weighted by Gasteiger charge is 2.18. The van der Waals surface area contributed by atoms with Crippen LogP contribution in [0.4, 0.5) is 11.9 Å². The second kappa shape index (κ2) is 8.75. The van der Waals surface area contributed by atoms with Gasteiger partial charge >= 0.3 is 0 Å². The summed E-state index contributed by atoms with van der Waals surface area (Å²) in [5, 5.41) is 9.42. The summed E-state index contributed by atoms with van der Waals surface area (Å²) in [6.45, 7) is 0. The predicted octanol–water partition coefficient (Wildman–Crippen LogP) is 1.17. The molecule has 4 aromatic rings. The molecule has 0 bridgehead atoms. The maximum atomic E-state index is 12.7. The lowest BCUT2D eigenvalue weighted by Gasteiger charge is -2.07. The van der Waals surface area contributed by atoms with Gasteiger partial charge in [-0.05, 0) is 24.3 Å². The van der Waals surface area contributed by atoms with Crippen molar-refractivity contribution in [3.05, 3.63) is 98.8 Å².